The molecule has 0 saturated heterocycles. The molecule has 8 nitrogen and oxygen atoms in total. The molecule has 4 aliphatic carbocycles. The van der Waals surface area contributed by atoms with Crippen LogP contribution < -0.4 is 9.64 Å². The standard InChI is InChI=1S/C32H39N3O5S/c1-3-39-29(37)27-34-25(20-41-27)23-10-7-11-24(18-23)35(28(36)22-8-5-4-6-9-22)21-31-12-15-32(16-13-31,17-14-31)26-19-33-30(38-2)40-26/h7,10-11,18-20,22H,3-6,8-9,12-17,21H2,1-2H3. The van der Waals surface area contributed by atoms with Crippen molar-refractivity contribution < 1.29 is 23.5 Å². The van der Waals surface area contributed by atoms with Crippen molar-refractivity contribution in [3.8, 4) is 17.3 Å². The largest absolute Gasteiger partial charge is 0.461 e. The van der Waals surface area contributed by atoms with Crippen LogP contribution in [0.4, 0.5) is 5.69 Å². The van der Waals surface area contributed by atoms with Gasteiger partial charge >= 0.3 is 12.0 Å². The van der Waals surface area contributed by atoms with Crippen molar-refractivity contribution in [1.82, 2.24) is 9.97 Å². The second-order valence-corrected chi connectivity index (χ2v) is 12.9. The highest BCUT2D eigenvalue weighted by Gasteiger charge is 2.52. The Labute approximate surface area is 245 Å². The van der Waals surface area contributed by atoms with E-state index in [1.54, 1.807) is 14.0 Å². The van der Waals surface area contributed by atoms with Gasteiger partial charge in [0.2, 0.25) is 10.9 Å². The number of thiazole rings is 1. The van der Waals surface area contributed by atoms with Gasteiger partial charge in [0.25, 0.3) is 0 Å². The Balaban J connectivity index is 1.26. The van der Waals surface area contributed by atoms with Crippen LogP contribution in [0.25, 0.3) is 11.3 Å². The molecule has 0 atom stereocenters. The number of oxazole rings is 1. The second-order valence-electron chi connectivity index (χ2n) is 12.0. The summed E-state index contributed by atoms with van der Waals surface area (Å²) >= 11 is 1.29. The predicted molar refractivity (Wildman–Crippen MR) is 157 cm³/mol. The normalized spacial score (nSPS) is 24.2. The first kappa shape index (κ1) is 27.9. The molecule has 0 aliphatic heterocycles. The van der Waals surface area contributed by atoms with Crippen LogP contribution in [0.3, 0.4) is 0 Å². The lowest BCUT2D eigenvalue weighted by Gasteiger charge is -2.54. The number of hydrogen-bond acceptors (Lipinski definition) is 8. The summed E-state index contributed by atoms with van der Waals surface area (Å²) in [6.45, 7) is 2.83. The lowest BCUT2D eigenvalue weighted by molar-refractivity contribution is -0.124. The fourth-order valence-corrected chi connectivity index (χ4v) is 7.91. The summed E-state index contributed by atoms with van der Waals surface area (Å²) < 4.78 is 16.3. The summed E-state index contributed by atoms with van der Waals surface area (Å²) in [5.74, 6) is 0.869. The fraction of sp³-hybridized carbons (Fsp3) is 0.562. The highest BCUT2D eigenvalue weighted by molar-refractivity contribution is 7.11. The van der Waals surface area contributed by atoms with E-state index in [4.69, 9.17) is 13.9 Å². The van der Waals surface area contributed by atoms with Gasteiger partial charge in [-0.25, -0.2) is 9.78 Å². The summed E-state index contributed by atoms with van der Waals surface area (Å²) in [4.78, 5) is 37.3. The molecular formula is C32H39N3O5S. The van der Waals surface area contributed by atoms with Gasteiger partial charge in [0, 0.05) is 34.5 Å². The highest BCUT2D eigenvalue weighted by atomic mass is 32.1. The molecule has 9 heteroatoms. The minimum absolute atomic E-state index is 0.0188. The zero-order chi connectivity index (χ0) is 28.5. The number of carbonyl (C=O) groups is 2. The highest BCUT2D eigenvalue weighted by Crippen LogP contribution is 2.58. The zero-order valence-electron chi connectivity index (χ0n) is 24.0. The average molecular weight is 578 g/mol. The van der Waals surface area contributed by atoms with Crippen molar-refractivity contribution in [2.45, 2.75) is 83.0 Å². The summed E-state index contributed by atoms with van der Waals surface area (Å²) in [5, 5.41) is 2.23. The SMILES string of the molecule is CCOC(=O)c1nc(-c2cccc(N(CC34CCC(c5cnc(OC)o5)(CC3)CC4)C(=O)C3CCCCC3)c2)cs1. The van der Waals surface area contributed by atoms with Gasteiger partial charge < -0.3 is 18.8 Å². The molecule has 1 amide bonds. The van der Waals surface area contributed by atoms with Crippen molar-refractivity contribution in [3.05, 3.63) is 46.6 Å². The number of esters is 1. The van der Waals surface area contributed by atoms with Gasteiger partial charge in [-0.2, -0.15) is 4.98 Å². The fourth-order valence-electron chi connectivity index (χ4n) is 7.20. The third kappa shape index (κ3) is 5.53. The Morgan fingerprint density at radius 2 is 1.85 bits per heavy atom. The van der Waals surface area contributed by atoms with Gasteiger partial charge in [-0.1, -0.05) is 31.4 Å². The van der Waals surface area contributed by atoms with E-state index >= 15 is 0 Å². The maximum Gasteiger partial charge on any atom is 0.393 e. The predicted octanol–water partition coefficient (Wildman–Crippen LogP) is 7.19. The van der Waals surface area contributed by atoms with E-state index < -0.39 is 5.97 Å². The summed E-state index contributed by atoms with van der Waals surface area (Å²) in [5.41, 5.74) is 2.65. The molecular weight excluding hydrogens is 538 g/mol. The van der Waals surface area contributed by atoms with E-state index in [-0.39, 0.29) is 22.7 Å². The minimum atomic E-state index is -0.400. The average Bonchev–Trinajstić information content (AvgIpc) is 3.73. The molecule has 0 radical (unpaired) electrons. The Kier molecular flexibility index (Phi) is 7.90. The van der Waals surface area contributed by atoms with Crippen LogP contribution in [0.1, 0.15) is 93.1 Å². The summed E-state index contributed by atoms with van der Waals surface area (Å²) in [7, 11) is 1.58. The van der Waals surface area contributed by atoms with E-state index in [1.807, 2.05) is 23.7 Å². The number of ether oxygens (including phenoxy) is 2. The Hall–Kier alpha value is -3.20. The maximum atomic E-state index is 14.2. The third-order valence-corrected chi connectivity index (χ3v) is 10.5. The second kappa shape index (κ2) is 11.6. The third-order valence-electron chi connectivity index (χ3n) is 9.71. The molecule has 0 unspecified atom stereocenters. The lowest BCUT2D eigenvalue weighted by Crippen LogP contribution is -2.51. The number of fused-ring (bicyclic) bond motifs is 3. The lowest BCUT2D eigenvalue weighted by atomic mass is 9.53. The molecule has 4 saturated carbocycles. The first-order valence-corrected chi connectivity index (χ1v) is 15.9. The van der Waals surface area contributed by atoms with E-state index in [1.165, 1.54) is 17.8 Å². The van der Waals surface area contributed by atoms with Crippen molar-refractivity contribution in [3.63, 3.8) is 0 Å². The van der Waals surface area contributed by atoms with E-state index in [9.17, 15) is 9.59 Å². The van der Waals surface area contributed by atoms with E-state index in [0.717, 1.165) is 93.5 Å². The van der Waals surface area contributed by atoms with Crippen molar-refractivity contribution >= 4 is 28.9 Å². The number of rotatable bonds is 9. The van der Waals surface area contributed by atoms with Crippen molar-refractivity contribution in [2.24, 2.45) is 11.3 Å². The van der Waals surface area contributed by atoms with E-state index in [2.05, 4.69) is 27.0 Å². The van der Waals surface area contributed by atoms with Gasteiger partial charge in [0.15, 0.2) is 0 Å². The van der Waals surface area contributed by atoms with Crippen molar-refractivity contribution in [2.75, 3.05) is 25.2 Å². The smallest absolute Gasteiger partial charge is 0.393 e. The molecule has 0 spiro atoms. The molecule has 2 heterocycles. The number of methoxy groups -OCH3 is 1. The topological polar surface area (TPSA) is 94.8 Å². The number of aromatic nitrogens is 2. The van der Waals surface area contributed by atoms with Crippen molar-refractivity contribution in [1.29, 1.82) is 0 Å². The summed E-state index contributed by atoms with van der Waals surface area (Å²) in [6, 6.07) is 8.11. The number of hydrogen-bond donors (Lipinski definition) is 0. The monoisotopic (exact) mass is 577 g/mol. The van der Waals surface area contributed by atoms with Gasteiger partial charge in [-0.15, -0.1) is 11.3 Å². The summed E-state index contributed by atoms with van der Waals surface area (Å²) in [6.07, 6.45) is 13.8. The van der Waals surface area contributed by atoms with Crippen LogP contribution in [0.15, 0.2) is 40.3 Å². The molecule has 2 bridgehead atoms. The number of benzene rings is 1. The zero-order valence-corrected chi connectivity index (χ0v) is 24.8. The first-order valence-electron chi connectivity index (χ1n) is 15.0. The first-order chi connectivity index (χ1) is 19.9. The molecule has 2 aromatic heterocycles. The molecule has 3 aromatic rings. The Bertz CT molecular complexity index is 1370. The van der Waals surface area contributed by atoms with Crippen LogP contribution in [-0.2, 0) is 14.9 Å². The quantitative estimate of drug-likeness (QED) is 0.248. The van der Waals surface area contributed by atoms with Gasteiger partial charge in [-0.3, -0.25) is 4.79 Å². The van der Waals surface area contributed by atoms with Gasteiger partial charge in [0.05, 0.1) is 25.6 Å². The van der Waals surface area contributed by atoms with Gasteiger partial charge in [-0.05, 0) is 75.8 Å². The number of amides is 1. The maximum absolute atomic E-state index is 14.2. The minimum Gasteiger partial charge on any atom is -0.461 e. The van der Waals surface area contributed by atoms with Crippen LogP contribution >= 0.6 is 11.3 Å². The molecule has 4 fully saturated rings. The molecule has 4 aliphatic rings. The van der Waals surface area contributed by atoms with Gasteiger partial charge in [0.1, 0.15) is 5.76 Å². The Morgan fingerprint density at radius 3 is 2.54 bits per heavy atom. The molecule has 0 N–H and O–H groups in total. The molecule has 7 rings (SSSR count). The van der Waals surface area contributed by atoms with Crippen LogP contribution in [-0.4, -0.2) is 42.1 Å². The van der Waals surface area contributed by atoms with Crippen LogP contribution in [0.2, 0.25) is 0 Å². The Morgan fingerprint density at radius 1 is 1.10 bits per heavy atom. The molecule has 41 heavy (non-hydrogen) atoms. The van der Waals surface area contributed by atoms with Crippen LogP contribution in [0.5, 0.6) is 6.08 Å². The molecule has 218 valence electrons. The number of nitrogens with zero attached hydrogens (tertiary/aromatic N) is 3. The number of carbonyl (C=O) groups excluding carboxylic acids is 2. The van der Waals surface area contributed by atoms with E-state index in [0.29, 0.717) is 17.7 Å². The van der Waals surface area contributed by atoms with Crippen LogP contribution in [0, 0.1) is 11.3 Å². The number of anilines is 1. The molecule has 1 aromatic carbocycles.